The second-order valence-electron chi connectivity index (χ2n) is 9.33. The van der Waals surface area contributed by atoms with E-state index in [2.05, 4.69) is 16.8 Å². The molecule has 1 aliphatic carbocycles. The van der Waals surface area contributed by atoms with Crippen molar-refractivity contribution in [3.8, 4) is 5.75 Å². The fourth-order valence-electron chi connectivity index (χ4n) is 4.94. The summed E-state index contributed by atoms with van der Waals surface area (Å²) in [5.41, 5.74) is 1.97. The second kappa shape index (κ2) is 9.43. The Morgan fingerprint density at radius 1 is 0.871 bits per heavy atom. The molecular weight excluding hydrogens is 390 g/mol. The molecular formula is C25H35N3O3. The van der Waals surface area contributed by atoms with E-state index in [9.17, 15) is 9.59 Å². The maximum atomic E-state index is 13.7. The van der Waals surface area contributed by atoms with Crippen LogP contribution in [0.2, 0.25) is 0 Å². The van der Waals surface area contributed by atoms with Crippen LogP contribution in [0.1, 0.15) is 57.9 Å². The van der Waals surface area contributed by atoms with Gasteiger partial charge in [-0.2, -0.15) is 0 Å². The number of ether oxygens (including phenoxy) is 1. The summed E-state index contributed by atoms with van der Waals surface area (Å²) in [6.45, 7) is 7.30. The van der Waals surface area contributed by atoms with E-state index in [1.54, 1.807) is 4.90 Å². The minimum atomic E-state index is -0.122. The van der Waals surface area contributed by atoms with E-state index in [-0.39, 0.29) is 24.0 Å². The van der Waals surface area contributed by atoms with Gasteiger partial charge in [-0.25, -0.2) is 0 Å². The van der Waals surface area contributed by atoms with Crippen LogP contribution in [0.15, 0.2) is 30.0 Å². The number of rotatable bonds is 5. The van der Waals surface area contributed by atoms with E-state index >= 15 is 0 Å². The van der Waals surface area contributed by atoms with E-state index in [1.165, 1.54) is 12.8 Å². The molecule has 1 saturated carbocycles. The Morgan fingerprint density at radius 2 is 1.48 bits per heavy atom. The standard InChI is InChI=1S/C25H35N3O3/c1-18(2)31-21-12-10-19(11-13-21)22-23(27-16-14-26(3)15-17-27)25(30)28(24(22)29)20-8-6-4-5-7-9-20/h10-13,18,20H,4-9,14-17H2,1-3H3. The zero-order valence-corrected chi connectivity index (χ0v) is 19.1. The van der Waals surface area contributed by atoms with Crippen LogP contribution in [-0.2, 0) is 9.59 Å². The van der Waals surface area contributed by atoms with E-state index < -0.39 is 0 Å². The summed E-state index contributed by atoms with van der Waals surface area (Å²) in [5.74, 6) is 0.556. The molecule has 2 amide bonds. The van der Waals surface area contributed by atoms with Crippen LogP contribution in [-0.4, -0.2) is 71.9 Å². The SMILES string of the molecule is CC(C)Oc1ccc(C2=C(N3CCN(C)CC3)C(=O)N(C3CCCCCC3)C2=O)cc1. The van der Waals surface area contributed by atoms with Crippen molar-refractivity contribution in [1.29, 1.82) is 0 Å². The minimum absolute atomic E-state index is 0.0195. The molecule has 0 atom stereocenters. The van der Waals surface area contributed by atoms with Gasteiger partial charge >= 0.3 is 0 Å². The predicted octanol–water partition coefficient (Wildman–Crippen LogP) is 3.52. The quantitative estimate of drug-likeness (QED) is 0.534. The molecule has 0 bridgehead atoms. The van der Waals surface area contributed by atoms with E-state index in [4.69, 9.17) is 4.74 Å². The van der Waals surface area contributed by atoms with Crippen molar-refractivity contribution in [2.24, 2.45) is 0 Å². The normalized spacial score (nSPS) is 21.9. The maximum absolute atomic E-state index is 13.7. The number of hydrogen-bond donors (Lipinski definition) is 0. The topological polar surface area (TPSA) is 53.1 Å². The molecule has 0 aromatic heterocycles. The van der Waals surface area contributed by atoms with Gasteiger partial charge in [-0.05, 0) is 51.4 Å². The van der Waals surface area contributed by atoms with Gasteiger partial charge in [-0.15, -0.1) is 0 Å². The Balaban J connectivity index is 1.69. The molecule has 6 heteroatoms. The number of piperazine rings is 1. The highest BCUT2D eigenvalue weighted by Crippen LogP contribution is 2.36. The third-order valence-electron chi connectivity index (χ3n) is 6.61. The van der Waals surface area contributed by atoms with Crippen molar-refractivity contribution in [2.75, 3.05) is 33.2 Å². The number of carbonyl (C=O) groups is 2. The van der Waals surface area contributed by atoms with Gasteiger partial charge in [0.05, 0.1) is 11.7 Å². The predicted molar refractivity (Wildman–Crippen MR) is 122 cm³/mol. The smallest absolute Gasteiger partial charge is 0.278 e. The number of carbonyl (C=O) groups excluding carboxylic acids is 2. The highest BCUT2D eigenvalue weighted by atomic mass is 16.5. The molecule has 3 aliphatic rings. The molecule has 2 heterocycles. The number of amides is 2. The number of likely N-dealkylation sites (N-methyl/N-ethyl adjacent to an activating group) is 1. The average molecular weight is 426 g/mol. The van der Waals surface area contributed by atoms with Crippen molar-refractivity contribution < 1.29 is 14.3 Å². The lowest BCUT2D eigenvalue weighted by atomic mass is 10.0. The molecule has 0 spiro atoms. The summed E-state index contributed by atoms with van der Waals surface area (Å²) in [4.78, 5) is 33.3. The third-order valence-corrected chi connectivity index (χ3v) is 6.61. The van der Waals surface area contributed by atoms with Crippen LogP contribution in [0.5, 0.6) is 5.75 Å². The maximum Gasteiger partial charge on any atom is 0.278 e. The molecule has 6 nitrogen and oxygen atoms in total. The minimum Gasteiger partial charge on any atom is -0.491 e. The summed E-state index contributed by atoms with van der Waals surface area (Å²) >= 11 is 0. The molecule has 0 N–H and O–H groups in total. The number of benzene rings is 1. The van der Waals surface area contributed by atoms with E-state index in [1.807, 2.05) is 38.1 Å². The van der Waals surface area contributed by atoms with Crippen LogP contribution >= 0.6 is 0 Å². The summed E-state index contributed by atoms with van der Waals surface area (Å²) in [7, 11) is 2.10. The third kappa shape index (κ3) is 4.64. The van der Waals surface area contributed by atoms with Gasteiger partial charge in [0, 0.05) is 32.2 Å². The highest BCUT2D eigenvalue weighted by Gasteiger charge is 2.45. The first-order chi connectivity index (χ1) is 15.0. The van der Waals surface area contributed by atoms with Crippen LogP contribution in [0.4, 0.5) is 0 Å². The molecule has 2 aliphatic heterocycles. The van der Waals surface area contributed by atoms with Crippen molar-refractivity contribution >= 4 is 17.4 Å². The fourth-order valence-corrected chi connectivity index (χ4v) is 4.94. The first-order valence-electron chi connectivity index (χ1n) is 11.8. The Kier molecular flexibility index (Phi) is 6.65. The average Bonchev–Trinajstić information content (AvgIpc) is 2.91. The lowest BCUT2D eigenvalue weighted by Gasteiger charge is -2.35. The largest absolute Gasteiger partial charge is 0.491 e. The molecule has 0 unspecified atom stereocenters. The first-order valence-corrected chi connectivity index (χ1v) is 11.8. The van der Waals surface area contributed by atoms with Gasteiger partial charge in [0.1, 0.15) is 11.4 Å². The van der Waals surface area contributed by atoms with Crippen LogP contribution in [0, 0.1) is 0 Å². The van der Waals surface area contributed by atoms with Gasteiger partial charge in [0.25, 0.3) is 11.8 Å². The zero-order valence-electron chi connectivity index (χ0n) is 19.1. The van der Waals surface area contributed by atoms with E-state index in [0.29, 0.717) is 11.3 Å². The van der Waals surface area contributed by atoms with Gasteiger partial charge in [0.15, 0.2) is 0 Å². The molecule has 4 rings (SSSR count). The molecule has 1 aromatic carbocycles. The van der Waals surface area contributed by atoms with Crippen molar-refractivity contribution in [1.82, 2.24) is 14.7 Å². The van der Waals surface area contributed by atoms with Gasteiger partial charge < -0.3 is 14.5 Å². The Bertz CT molecular complexity index is 830. The summed E-state index contributed by atoms with van der Waals surface area (Å²) in [6.07, 6.45) is 6.48. The monoisotopic (exact) mass is 425 g/mol. The molecule has 2 fully saturated rings. The van der Waals surface area contributed by atoms with Crippen LogP contribution in [0.3, 0.4) is 0 Å². The Hall–Kier alpha value is -2.34. The lowest BCUT2D eigenvalue weighted by molar-refractivity contribution is -0.140. The second-order valence-corrected chi connectivity index (χ2v) is 9.33. The van der Waals surface area contributed by atoms with Crippen LogP contribution < -0.4 is 4.74 Å². The Morgan fingerprint density at radius 3 is 2.06 bits per heavy atom. The highest BCUT2D eigenvalue weighted by molar-refractivity contribution is 6.35. The van der Waals surface area contributed by atoms with Gasteiger partial charge in [-0.3, -0.25) is 14.5 Å². The molecule has 1 aromatic rings. The Labute approximate surface area is 185 Å². The van der Waals surface area contributed by atoms with Crippen molar-refractivity contribution in [3.05, 3.63) is 35.5 Å². The molecule has 31 heavy (non-hydrogen) atoms. The summed E-state index contributed by atoms with van der Waals surface area (Å²) < 4.78 is 5.77. The molecule has 168 valence electrons. The zero-order chi connectivity index (χ0) is 22.0. The van der Waals surface area contributed by atoms with E-state index in [0.717, 1.165) is 63.2 Å². The summed E-state index contributed by atoms with van der Waals surface area (Å²) in [5, 5.41) is 0. The first kappa shape index (κ1) is 21.9. The summed E-state index contributed by atoms with van der Waals surface area (Å²) in [6, 6.07) is 7.66. The lowest BCUT2D eigenvalue weighted by Crippen LogP contribution is -2.47. The number of imide groups is 1. The van der Waals surface area contributed by atoms with Crippen molar-refractivity contribution in [3.63, 3.8) is 0 Å². The van der Waals surface area contributed by atoms with Crippen molar-refractivity contribution in [2.45, 2.75) is 64.5 Å². The molecule has 0 radical (unpaired) electrons. The number of hydrogen-bond acceptors (Lipinski definition) is 5. The fraction of sp³-hybridized carbons (Fsp3) is 0.600. The van der Waals surface area contributed by atoms with Crippen LogP contribution in [0.25, 0.3) is 5.57 Å². The van der Waals surface area contributed by atoms with Gasteiger partial charge in [0.2, 0.25) is 0 Å². The van der Waals surface area contributed by atoms with Gasteiger partial charge in [-0.1, -0.05) is 37.8 Å². The number of nitrogens with zero attached hydrogens (tertiary/aromatic N) is 3. The molecule has 1 saturated heterocycles.